The zero-order chi connectivity index (χ0) is 40.5. The van der Waals surface area contributed by atoms with Crippen LogP contribution in [0.4, 0.5) is 34.1 Å². The van der Waals surface area contributed by atoms with Crippen LogP contribution in [-0.4, -0.2) is 6.71 Å². The fourth-order valence-electron chi connectivity index (χ4n) is 8.62. The maximum Gasteiger partial charge on any atom is 0.264 e. The van der Waals surface area contributed by atoms with E-state index in [1.807, 2.05) is 11.3 Å². The summed E-state index contributed by atoms with van der Waals surface area (Å²) in [5.74, 6) is 0. The highest BCUT2D eigenvalue weighted by atomic mass is 32.1. The molecule has 2 aliphatic rings. The van der Waals surface area contributed by atoms with Crippen LogP contribution >= 0.6 is 11.3 Å². The molecule has 0 saturated heterocycles. The van der Waals surface area contributed by atoms with Gasteiger partial charge in [-0.2, -0.15) is 0 Å². The van der Waals surface area contributed by atoms with E-state index in [-0.39, 0.29) is 33.8 Å². The van der Waals surface area contributed by atoms with E-state index < -0.39 is 0 Å². The molecule has 1 aromatic heterocycles. The largest absolute Gasteiger partial charge is 0.311 e. The van der Waals surface area contributed by atoms with Crippen LogP contribution in [0.15, 0.2) is 97.1 Å². The minimum absolute atomic E-state index is 0.00527. The first-order valence-electron chi connectivity index (χ1n) is 20.6. The van der Waals surface area contributed by atoms with Crippen LogP contribution in [0.1, 0.15) is 132 Å². The number of nitrogens with zero attached hydrogens (tertiary/aromatic N) is 2. The van der Waals surface area contributed by atoms with Gasteiger partial charge in [0.15, 0.2) is 0 Å². The van der Waals surface area contributed by atoms with Crippen LogP contribution in [0.2, 0.25) is 0 Å². The molecule has 0 radical (unpaired) electrons. The van der Waals surface area contributed by atoms with Gasteiger partial charge < -0.3 is 9.80 Å². The lowest BCUT2D eigenvalue weighted by atomic mass is 9.36. The molecule has 6 aromatic rings. The third kappa shape index (κ3) is 6.41. The fourth-order valence-corrected chi connectivity index (χ4v) is 9.98. The summed E-state index contributed by atoms with van der Waals surface area (Å²) >= 11 is 2.00. The van der Waals surface area contributed by atoms with Gasteiger partial charge in [-0.05, 0) is 114 Å². The van der Waals surface area contributed by atoms with Crippen LogP contribution in [0.3, 0.4) is 0 Å². The van der Waals surface area contributed by atoms with Gasteiger partial charge in [0.2, 0.25) is 0 Å². The van der Waals surface area contributed by atoms with E-state index in [9.17, 15) is 0 Å². The van der Waals surface area contributed by atoms with E-state index in [1.165, 1.54) is 87.7 Å². The molecule has 8 rings (SSSR count). The van der Waals surface area contributed by atoms with Gasteiger partial charge in [-0.15, -0.1) is 11.3 Å². The van der Waals surface area contributed by atoms with E-state index in [0.717, 1.165) is 0 Å². The van der Waals surface area contributed by atoms with Gasteiger partial charge in [0, 0.05) is 43.3 Å². The van der Waals surface area contributed by atoms with Crippen molar-refractivity contribution in [2.75, 3.05) is 9.80 Å². The van der Waals surface area contributed by atoms with Gasteiger partial charge in [0.25, 0.3) is 6.71 Å². The highest BCUT2D eigenvalue weighted by molar-refractivity contribution is 7.33. The Morgan fingerprint density at radius 2 is 0.946 bits per heavy atom. The van der Waals surface area contributed by atoms with Crippen LogP contribution < -0.4 is 25.5 Å². The maximum absolute atomic E-state index is 2.63. The quantitative estimate of drug-likeness (QED) is 0.162. The topological polar surface area (TPSA) is 6.48 Å². The van der Waals surface area contributed by atoms with E-state index in [0.29, 0.717) is 0 Å². The van der Waals surface area contributed by atoms with Gasteiger partial charge >= 0.3 is 0 Å². The lowest BCUT2D eigenvalue weighted by Crippen LogP contribution is -2.60. The number of fused-ring (bicyclic) bond motifs is 6. The fraction of sp³-hybridized carbons (Fsp3) is 0.385. The van der Waals surface area contributed by atoms with Crippen molar-refractivity contribution in [1.82, 2.24) is 0 Å². The first-order valence-corrected chi connectivity index (χ1v) is 21.5. The molecule has 5 aromatic carbocycles. The minimum atomic E-state index is -0.0727. The molecule has 0 fully saturated rings. The average molecular weight is 757 g/mol. The Hall–Kier alpha value is -4.28. The summed E-state index contributed by atoms with van der Waals surface area (Å²) < 4.78 is 2.79. The van der Waals surface area contributed by atoms with Gasteiger partial charge in [0.1, 0.15) is 0 Å². The first kappa shape index (κ1) is 38.6. The number of benzene rings is 5. The van der Waals surface area contributed by atoms with Gasteiger partial charge in [-0.1, -0.05) is 152 Å². The average Bonchev–Trinajstić information content (AvgIpc) is 3.48. The predicted molar refractivity (Wildman–Crippen MR) is 249 cm³/mol. The summed E-state index contributed by atoms with van der Waals surface area (Å²) in [7, 11) is 0. The normalized spacial score (nSPS) is 14.6. The second-order valence-corrected chi connectivity index (χ2v) is 22.8. The molecule has 0 bridgehead atoms. The number of anilines is 6. The molecule has 0 aliphatic carbocycles. The summed E-state index contributed by atoms with van der Waals surface area (Å²) in [6.07, 6.45) is 0. The Balaban J connectivity index is 1.53. The molecule has 3 heterocycles. The van der Waals surface area contributed by atoms with Crippen molar-refractivity contribution in [3.8, 4) is 0 Å². The standard InChI is InChI=1S/C52H61BN2S/c1-48(2,3)32-19-23-37(24-20-32)55-43-30-36(52(13,14)15)29-42-45(43)53(47-46(55)39-25-21-35(51(10,11)12)31-44(39)56-47)40-28-34(50(7,8)9)22-26-41(40)54(42)38-18-16-17-33(27-38)49(4,5)6/h16-31H,1-15H3. The SMILES string of the molecule is CC(C)(C)c1ccc(N2c3cc(C(C)(C)C)cc4c3B(c3cc(C(C)(C)C)ccc3N4c3cccc(C(C)(C)C)c3)c3sc4cc(C(C)(C)C)ccc4c32)cc1. The van der Waals surface area contributed by atoms with E-state index in [4.69, 9.17) is 0 Å². The molecule has 2 nitrogen and oxygen atoms in total. The Labute approximate surface area is 342 Å². The summed E-state index contributed by atoms with van der Waals surface area (Å²) in [5, 5.41) is 1.33. The highest BCUT2D eigenvalue weighted by Gasteiger charge is 2.46. The van der Waals surface area contributed by atoms with Gasteiger partial charge in [-0.25, -0.2) is 0 Å². The summed E-state index contributed by atoms with van der Waals surface area (Å²) in [6, 6.07) is 38.4. The van der Waals surface area contributed by atoms with E-state index in [1.54, 1.807) is 0 Å². The molecule has 0 atom stereocenters. The Morgan fingerprint density at radius 1 is 0.429 bits per heavy atom. The van der Waals surface area contributed by atoms with Crippen molar-refractivity contribution in [3.63, 3.8) is 0 Å². The third-order valence-corrected chi connectivity index (χ3v) is 13.4. The van der Waals surface area contributed by atoms with E-state index in [2.05, 4.69) is 211 Å². The van der Waals surface area contributed by atoms with Crippen LogP contribution in [0.25, 0.3) is 10.1 Å². The highest BCUT2D eigenvalue weighted by Crippen LogP contribution is 2.50. The molecule has 0 N–H and O–H groups in total. The predicted octanol–water partition coefficient (Wildman–Crippen LogP) is 13.5. The molecular formula is C52H61BN2S. The van der Waals surface area contributed by atoms with Crippen molar-refractivity contribution >= 4 is 78.0 Å². The van der Waals surface area contributed by atoms with Crippen molar-refractivity contribution in [1.29, 1.82) is 0 Å². The smallest absolute Gasteiger partial charge is 0.264 e. The third-order valence-electron chi connectivity index (χ3n) is 12.2. The van der Waals surface area contributed by atoms with Crippen molar-refractivity contribution < 1.29 is 0 Å². The lowest BCUT2D eigenvalue weighted by Gasteiger charge is -2.44. The zero-order valence-corrected chi connectivity index (χ0v) is 37.4. The molecule has 2 aliphatic heterocycles. The monoisotopic (exact) mass is 756 g/mol. The number of hydrogen-bond acceptors (Lipinski definition) is 3. The molecule has 0 saturated carbocycles. The van der Waals surface area contributed by atoms with E-state index >= 15 is 0 Å². The zero-order valence-electron chi connectivity index (χ0n) is 36.6. The Kier molecular flexibility index (Phi) is 8.69. The number of thiophene rings is 1. The lowest BCUT2D eigenvalue weighted by molar-refractivity contribution is 0.589. The molecule has 56 heavy (non-hydrogen) atoms. The van der Waals surface area contributed by atoms with Crippen LogP contribution in [-0.2, 0) is 27.1 Å². The number of rotatable bonds is 2. The minimum Gasteiger partial charge on any atom is -0.311 e. The molecule has 0 unspecified atom stereocenters. The Morgan fingerprint density at radius 3 is 1.54 bits per heavy atom. The molecule has 4 heteroatoms. The second-order valence-electron chi connectivity index (χ2n) is 21.7. The van der Waals surface area contributed by atoms with Crippen molar-refractivity contribution in [2.45, 2.75) is 131 Å². The summed E-state index contributed by atoms with van der Waals surface area (Å²) in [6.45, 7) is 35.1. The molecule has 0 spiro atoms. The van der Waals surface area contributed by atoms with Gasteiger partial charge in [0.05, 0.1) is 5.69 Å². The molecule has 288 valence electrons. The van der Waals surface area contributed by atoms with Crippen LogP contribution in [0.5, 0.6) is 0 Å². The molecule has 0 amide bonds. The summed E-state index contributed by atoms with van der Waals surface area (Å²) in [5.41, 5.74) is 17.2. The second kappa shape index (κ2) is 12.6. The van der Waals surface area contributed by atoms with Crippen LogP contribution in [0, 0.1) is 0 Å². The van der Waals surface area contributed by atoms with Crippen molar-refractivity contribution in [2.24, 2.45) is 0 Å². The Bertz CT molecular complexity index is 2500. The first-order chi connectivity index (χ1) is 25.9. The number of hydrogen-bond donors (Lipinski definition) is 0. The molecular weight excluding hydrogens is 695 g/mol. The van der Waals surface area contributed by atoms with Crippen molar-refractivity contribution in [3.05, 3.63) is 125 Å². The van der Waals surface area contributed by atoms with Gasteiger partial charge in [-0.3, -0.25) is 0 Å². The maximum atomic E-state index is 2.63. The summed E-state index contributed by atoms with van der Waals surface area (Å²) in [4.78, 5) is 5.22.